The van der Waals surface area contributed by atoms with Gasteiger partial charge in [-0.3, -0.25) is 4.98 Å². The first-order valence-electron chi connectivity index (χ1n) is 6.70. The Bertz CT molecular complexity index is 492. The van der Waals surface area contributed by atoms with Gasteiger partial charge in [0.25, 0.3) is 0 Å². The molecule has 0 aliphatic carbocycles. The van der Waals surface area contributed by atoms with Crippen molar-refractivity contribution in [3.63, 3.8) is 0 Å². The van der Waals surface area contributed by atoms with E-state index in [4.69, 9.17) is 9.47 Å². The van der Waals surface area contributed by atoms with Crippen LogP contribution in [0.1, 0.15) is 29.9 Å². The number of ether oxygens (including phenoxy) is 2. The van der Waals surface area contributed by atoms with Crippen molar-refractivity contribution in [3.05, 3.63) is 35.8 Å². The maximum Gasteiger partial charge on any atom is 0.337 e. The lowest BCUT2D eigenvalue weighted by molar-refractivity contribution is -0.0538. The van der Waals surface area contributed by atoms with Gasteiger partial charge in [-0.1, -0.05) is 0 Å². The average Bonchev–Trinajstić information content (AvgIpc) is 2.43. The average molecular weight is 276 g/mol. The first-order valence-corrected chi connectivity index (χ1v) is 6.70. The van der Waals surface area contributed by atoms with E-state index in [1.807, 2.05) is 12.3 Å². The Kier molecular flexibility index (Phi) is 4.74. The van der Waals surface area contributed by atoms with Gasteiger partial charge in [0.2, 0.25) is 0 Å². The summed E-state index contributed by atoms with van der Waals surface area (Å²) in [6.45, 7) is 5.84. The number of methoxy groups -OCH3 is 1. The Labute approximate surface area is 119 Å². The summed E-state index contributed by atoms with van der Waals surface area (Å²) in [5.74, 6) is -0.351. The fourth-order valence-corrected chi connectivity index (χ4v) is 2.31. The van der Waals surface area contributed by atoms with Crippen molar-refractivity contribution in [2.75, 3.05) is 20.2 Å². The molecule has 0 saturated carbocycles. The second-order valence-electron chi connectivity index (χ2n) is 4.99. The monoisotopic (exact) mass is 276 g/mol. The van der Waals surface area contributed by atoms with Crippen LogP contribution in [0.25, 0.3) is 6.08 Å². The molecule has 0 amide bonds. The van der Waals surface area contributed by atoms with E-state index in [2.05, 4.69) is 23.7 Å². The van der Waals surface area contributed by atoms with Crippen LogP contribution in [0.3, 0.4) is 0 Å². The van der Waals surface area contributed by atoms with Crippen molar-refractivity contribution >= 4 is 12.0 Å². The molecule has 2 heterocycles. The summed E-state index contributed by atoms with van der Waals surface area (Å²) in [6, 6.07) is 3.36. The second kappa shape index (κ2) is 6.52. The third kappa shape index (κ3) is 3.81. The second-order valence-corrected chi connectivity index (χ2v) is 4.99. The molecule has 5 heteroatoms. The number of aromatic nitrogens is 1. The summed E-state index contributed by atoms with van der Waals surface area (Å²) in [7, 11) is 1.37. The maximum absolute atomic E-state index is 11.5. The van der Waals surface area contributed by atoms with Gasteiger partial charge < -0.3 is 14.4 Å². The molecule has 0 aromatic carbocycles. The van der Waals surface area contributed by atoms with Crippen molar-refractivity contribution in [2.45, 2.75) is 26.1 Å². The molecule has 1 aliphatic heterocycles. The van der Waals surface area contributed by atoms with Gasteiger partial charge in [0.1, 0.15) is 0 Å². The maximum atomic E-state index is 11.5. The van der Waals surface area contributed by atoms with E-state index in [0.29, 0.717) is 5.56 Å². The molecule has 2 atom stereocenters. The highest BCUT2D eigenvalue weighted by molar-refractivity contribution is 5.89. The fraction of sp³-hybridized carbons (Fsp3) is 0.467. The number of hydrogen-bond donors (Lipinski definition) is 0. The zero-order valence-corrected chi connectivity index (χ0v) is 12.1. The summed E-state index contributed by atoms with van der Waals surface area (Å²) in [5, 5.41) is 0. The predicted molar refractivity (Wildman–Crippen MR) is 76.2 cm³/mol. The largest absolute Gasteiger partial charge is 0.465 e. The topological polar surface area (TPSA) is 51.7 Å². The highest BCUT2D eigenvalue weighted by Gasteiger charge is 2.19. The highest BCUT2D eigenvalue weighted by Crippen LogP contribution is 2.12. The minimum Gasteiger partial charge on any atom is -0.465 e. The van der Waals surface area contributed by atoms with Crippen LogP contribution in [-0.2, 0) is 9.47 Å². The van der Waals surface area contributed by atoms with Gasteiger partial charge in [-0.15, -0.1) is 0 Å². The van der Waals surface area contributed by atoms with Crippen LogP contribution in [0.4, 0.5) is 0 Å². The molecule has 0 N–H and O–H groups in total. The van der Waals surface area contributed by atoms with Crippen LogP contribution >= 0.6 is 0 Å². The van der Waals surface area contributed by atoms with E-state index in [-0.39, 0.29) is 18.2 Å². The van der Waals surface area contributed by atoms with Gasteiger partial charge in [-0.25, -0.2) is 4.79 Å². The third-order valence-corrected chi connectivity index (χ3v) is 3.11. The summed E-state index contributed by atoms with van der Waals surface area (Å²) >= 11 is 0. The van der Waals surface area contributed by atoms with Gasteiger partial charge in [-0.05, 0) is 32.1 Å². The zero-order valence-electron chi connectivity index (χ0n) is 12.1. The number of esters is 1. The zero-order chi connectivity index (χ0) is 14.5. The quantitative estimate of drug-likeness (QED) is 0.790. The Balaban J connectivity index is 2.05. The van der Waals surface area contributed by atoms with Crippen molar-refractivity contribution in [1.29, 1.82) is 0 Å². The SMILES string of the molecule is COC(=O)c1ccnc(C=CN2C[C@@H](C)O[C@@H](C)C2)c1. The fourth-order valence-electron chi connectivity index (χ4n) is 2.31. The first kappa shape index (κ1) is 14.5. The number of hydrogen-bond acceptors (Lipinski definition) is 5. The van der Waals surface area contributed by atoms with E-state index in [0.717, 1.165) is 18.8 Å². The molecule has 0 radical (unpaired) electrons. The van der Waals surface area contributed by atoms with Crippen LogP contribution in [0.5, 0.6) is 0 Å². The molecule has 1 aromatic rings. The first-order chi connectivity index (χ1) is 9.58. The number of nitrogens with zero attached hydrogens (tertiary/aromatic N) is 2. The van der Waals surface area contributed by atoms with Crippen molar-refractivity contribution in [1.82, 2.24) is 9.88 Å². The Morgan fingerprint density at radius 2 is 2.15 bits per heavy atom. The number of rotatable bonds is 3. The van der Waals surface area contributed by atoms with Gasteiger partial charge in [-0.2, -0.15) is 0 Å². The van der Waals surface area contributed by atoms with E-state index >= 15 is 0 Å². The Morgan fingerprint density at radius 1 is 1.45 bits per heavy atom. The molecule has 5 nitrogen and oxygen atoms in total. The minimum absolute atomic E-state index is 0.220. The molecule has 0 unspecified atom stereocenters. The molecule has 1 saturated heterocycles. The lowest BCUT2D eigenvalue weighted by atomic mass is 10.2. The smallest absolute Gasteiger partial charge is 0.337 e. The number of carbonyl (C=O) groups excluding carboxylic acids is 1. The van der Waals surface area contributed by atoms with Crippen molar-refractivity contribution in [2.24, 2.45) is 0 Å². The van der Waals surface area contributed by atoms with E-state index in [1.54, 1.807) is 18.3 Å². The summed E-state index contributed by atoms with van der Waals surface area (Å²) in [4.78, 5) is 17.9. The Hall–Kier alpha value is -1.88. The summed E-state index contributed by atoms with van der Waals surface area (Å²) in [5.41, 5.74) is 1.24. The number of carbonyl (C=O) groups is 1. The highest BCUT2D eigenvalue weighted by atomic mass is 16.5. The van der Waals surface area contributed by atoms with E-state index < -0.39 is 0 Å². The van der Waals surface area contributed by atoms with Crippen LogP contribution in [0.2, 0.25) is 0 Å². The third-order valence-electron chi connectivity index (χ3n) is 3.11. The summed E-state index contributed by atoms with van der Waals surface area (Å²) in [6.07, 6.45) is 5.95. The Morgan fingerprint density at radius 3 is 2.80 bits per heavy atom. The normalized spacial score (nSPS) is 23.1. The molecule has 0 spiro atoms. The molecular weight excluding hydrogens is 256 g/mol. The van der Waals surface area contributed by atoms with Crippen LogP contribution < -0.4 is 0 Å². The van der Waals surface area contributed by atoms with Crippen LogP contribution in [-0.4, -0.2) is 48.3 Å². The standard InChI is InChI=1S/C15H20N2O3/c1-11-9-17(10-12(2)20-11)7-5-14-8-13(4-6-16-14)15(18)19-3/h4-8,11-12H,9-10H2,1-3H3/t11-,12+. The molecule has 2 rings (SSSR count). The van der Waals surface area contributed by atoms with Gasteiger partial charge in [0.05, 0.1) is 30.6 Å². The van der Waals surface area contributed by atoms with Crippen molar-refractivity contribution in [3.8, 4) is 0 Å². The van der Waals surface area contributed by atoms with Crippen molar-refractivity contribution < 1.29 is 14.3 Å². The molecule has 1 fully saturated rings. The lowest BCUT2D eigenvalue weighted by Crippen LogP contribution is -2.42. The van der Waals surface area contributed by atoms with Crippen LogP contribution in [0.15, 0.2) is 24.5 Å². The molecular formula is C15H20N2O3. The summed E-state index contributed by atoms with van der Waals surface area (Å²) < 4.78 is 10.4. The lowest BCUT2D eigenvalue weighted by Gasteiger charge is -2.34. The molecule has 1 aromatic heterocycles. The van der Waals surface area contributed by atoms with Crippen LogP contribution in [0, 0.1) is 0 Å². The van der Waals surface area contributed by atoms with Gasteiger partial charge in [0.15, 0.2) is 0 Å². The van der Waals surface area contributed by atoms with E-state index in [9.17, 15) is 4.79 Å². The predicted octanol–water partition coefficient (Wildman–Crippen LogP) is 1.95. The molecule has 108 valence electrons. The van der Waals surface area contributed by atoms with Gasteiger partial charge >= 0.3 is 5.97 Å². The number of pyridine rings is 1. The van der Waals surface area contributed by atoms with Gasteiger partial charge in [0, 0.05) is 25.5 Å². The molecule has 1 aliphatic rings. The number of morpholine rings is 1. The molecule has 20 heavy (non-hydrogen) atoms. The molecule has 0 bridgehead atoms. The van der Waals surface area contributed by atoms with E-state index in [1.165, 1.54) is 7.11 Å². The minimum atomic E-state index is -0.351.